The predicted molar refractivity (Wildman–Crippen MR) is 89.0 cm³/mol. The molecule has 1 fully saturated rings. The Balaban J connectivity index is 2.06. The van der Waals surface area contributed by atoms with Crippen LogP contribution in [0.15, 0.2) is 27.6 Å². The van der Waals surface area contributed by atoms with Gasteiger partial charge in [-0.1, -0.05) is 11.6 Å². The maximum Gasteiger partial charge on any atom is 0.240 e. The molecule has 1 aromatic carbocycles. The van der Waals surface area contributed by atoms with Crippen LogP contribution in [0.1, 0.15) is 25.7 Å². The van der Waals surface area contributed by atoms with Crippen LogP contribution in [-0.4, -0.2) is 26.0 Å². The number of benzene rings is 1. The number of sulfonamides is 1. The van der Waals surface area contributed by atoms with E-state index in [9.17, 15) is 8.42 Å². The summed E-state index contributed by atoms with van der Waals surface area (Å²) in [5.41, 5.74) is 0. The van der Waals surface area contributed by atoms with Crippen LogP contribution in [-0.2, 0) is 10.0 Å². The van der Waals surface area contributed by atoms with E-state index in [1.807, 2.05) is 11.8 Å². The van der Waals surface area contributed by atoms with Crippen molar-refractivity contribution >= 4 is 49.3 Å². The molecule has 7 heteroatoms. The van der Waals surface area contributed by atoms with E-state index in [1.165, 1.54) is 12.1 Å². The molecule has 1 saturated carbocycles. The first kappa shape index (κ1) is 16.6. The molecule has 112 valence electrons. The normalized spacial score (nSPS) is 23.8. The lowest BCUT2D eigenvalue weighted by Crippen LogP contribution is -2.38. The van der Waals surface area contributed by atoms with Crippen molar-refractivity contribution in [3.63, 3.8) is 0 Å². The number of hydrogen-bond acceptors (Lipinski definition) is 3. The first-order valence-electron chi connectivity index (χ1n) is 6.42. The minimum Gasteiger partial charge on any atom is -0.208 e. The van der Waals surface area contributed by atoms with Crippen molar-refractivity contribution in [2.45, 2.75) is 41.9 Å². The Morgan fingerprint density at radius 1 is 1.30 bits per heavy atom. The lowest BCUT2D eigenvalue weighted by molar-refractivity contribution is 0.420. The second-order valence-corrected chi connectivity index (χ2v) is 9.02. The summed E-state index contributed by atoms with van der Waals surface area (Å²) >= 11 is 11.0. The quantitative estimate of drug-likeness (QED) is 0.832. The number of hydrogen-bond donors (Lipinski definition) is 1. The summed E-state index contributed by atoms with van der Waals surface area (Å²) in [4.78, 5) is 0.251. The molecule has 1 aromatic rings. The zero-order chi connectivity index (χ0) is 14.8. The van der Waals surface area contributed by atoms with Gasteiger partial charge in [0, 0.05) is 15.8 Å². The predicted octanol–water partition coefficient (Wildman–Crippen LogP) is 4.06. The van der Waals surface area contributed by atoms with Gasteiger partial charge in [0.25, 0.3) is 0 Å². The molecular formula is C13H17BrClNO2S2. The van der Waals surface area contributed by atoms with Gasteiger partial charge in [0.2, 0.25) is 10.0 Å². The zero-order valence-corrected chi connectivity index (χ0v) is 15.1. The number of halogens is 2. The summed E-state index contributed by atoms with van der Waals surface area (Å²) in [6, 6.07) is 4.70. The molecule has 0 saturated heterocycles. The fraction of sp³-hybridized carbons (Fsp3) is 0.538. The van der Waals surface area contributed by atoms with Gasteiger partial charge in [-0.2, -0.15) is 11.8 Å². The molecule has 0 radical (unpaired) electrons. The van der Waals surface area contributed by atoms with E-state index >= 15 is 0 Å². The summed E-state index contributed by atoms with van der Waals surface area (Å²) in [5.74, 6) is 0. The standard InChI is InChI=1S/C13H17BrClNO2S2/c1-19-10-4-2-9(3-5-10)16-20(17,18)11-6-7-13(15)12(14)8-11/h6-10,16H,2-5H2,1H3. The van der Waals surface area contributed by atoms with Gasteiger partial charge in [-0.05, 0) is 66.1 Å². The summed E-state index contributed by atoms with van der Waals surface area (Å²) in [6.07, 6.45) is 6.05. The van der Waals surface area contributed by atoms with Crippen molar-refractivity contribution in [2.75, 3.05) is 6.26 Å². The fourth-order valence-corrected chi connectivity index (χ4v) is 5.07. The Morgan fingerprint density at radius 3 is 2.50 bits per heavy atom. The third-order valence-electron chi connectivity index (χ3n) is 3.53. The Labute approximate surface area is 138 Å². The Morgan fingerprint density at radius 2 is 1.95 bits per heavy atom. The van der Waals surface area contributed by atoms with Crippen molar-refractivity contribution in [1.29, 1.82) is 0 Å². The average molecular weight is 399 g/mol. The van der Waals surface area contributed by atoms with Crippen molar-refractivity contribution in [3.05, 3.63) is 27.7 Å². The molecule has 20 heavy (non-hydrogen) atoms. The summed E-state index contributed by atoms with van der Waals surface area (Å²) in [6.45, 7) is 0. The zero-order valence-electron chi connectivity index (χ0n) is 11.1. The second kappa shape index (κ2) is 7.01. The molecule has 1 N–H and O–H groups in total. The Kier molecular flexibility index (Phi) is 5.82. The Bertz CT molecular complexity index is 572. The lowest BCUT2D eigenvalue weighted by atomic mass is 9.96. The molecule has 0 heterocycles. The van der Waals surface area contributed by atoms with Crippen molar-refractivity contribution in [3.8, 4) is 0 Å². The van der Waals surface area contributed by atoms with Crippen LogP contribution in [0.5, 0.6) is 0 Å². The van der Waals surface area contributed by atoms with Crippen molar-refractivity contribution < 1.29 is 8.42 Å². The highest BCUT2D eigenvalue weighted by Gasteiger charge is 2.25. The molecular weight excluding hydrogens is 382 g/mol. The third-order valence-corrected chi connectivity index (χ3v) is 7.40. The molecule has 2 rings (SSSR count). The molecule has 1 aliphatic carbocycles. The molecule has 0 unspecified atom stereocenters. The van der Waals surface area contributed by atoms with E-state index in [-0.39, 0.29) is 10.9 Å². The van der Waals surface area contributed by atoms with Crippen LogP contribution in [0.4, 0.5) is 0 Å². The summed E-state index contributed by atoms with van der Waals surface area (Å²) in [7, 11) is -3.47. The van der Waals surface area contributed by atoms with E-state index in [1.54, 1.807) is 6.07 Å². The average Bonchev–Trinajstić information content (AvgIpc) is 2.42. The largest absolute Gasteiger partial charge is 0.240 e. The molecule has 0 amide bonds. The fourth-order valence-electron chi connectivity index (χ4n) is 2.35. The molecule has 0 aliphatic heterocycles. The topological polar surface area (TPSA) is 46.2 Å². The highest BCUT2D eigenvalue weighted by Crippen LogP contribution is 2.29. The lowest BCUT2D eigenvalue weighted by Gasteiger charge is -2.27. The minimum absolute atomic E-state index is 0.0397. The molecule has 0 bridgehead atoms. The minimum atomic E-state index is -3.47. The van der Waals surface area contributed by atoms with Gasteiger partial charge < -0.3 is 0 Å². The van der Waals surface area contributed by atoms with Crippen LogP contribution in [0.25, 0.3) is 0 Å². The van der Waals surface area contributed by atoms with Gasteiger partial charge in [-0.15, -0.1) is 0 Å². The van der Waals surface area contributed by atoms with Crippen LogP contribution in [0.3, 0.4) is 0 Å². The maximum absolute atomic E-state index is 12.3. The van der Waals surface area contributed by atoms with Crippen LogP contribution < -0.4 is 4.72 Å². The van der Waals surface area contributed by atoms with E-state index in [0.717, 1.165) is 25.7 Å². The van der Waals surface area contributed by atoms with Crippen LogP contribution >= 0.6 is 39.3 Å². The summed E-state index contributed by atoms with van der Waals surface area (Å²) < 4.78 is 28.1. The van der Waals surface area contributed by atoms with Crippen LogP contribution in [0, 0.1) is 0 Å². The Hall–Kier alpha value is 0.250. The molecule has 0 spiro atoms. The highest BCUT2D eigenvalue weighted by atomic mass is 79.9. The first-order valence-corrected chi connectivity index (χ1v) is 10.4. The van der Waals surface area contributed by atoms with Crippen LogP contribution in [0.2, 0.25) is 5.02 Å². The van der Waals surface area contributed by atoms with Crippen molar-refractivity contribution in [1.82, 2.24) is 4.72 Å². The SMILES string of the molecule is CSC1CCC(NS(=O)(=O)c2ccc(Cl)c(Br)c2)CC1. The number of thioether (sulfide) groups is 1. The van der Waals surface area contributed by atoms with Gasteiger partial charge in [0.05, 0.1) is 9.92 Å². The first-order chi connectivity index (χ1) is 9.42. The van der Waals surface area contributed by atoms with Gasteiger partial charge in [0.15, 0.2) is 0 Å². The van der Waals surface area contributed by atoms with Crippen molar-refractivity contribution in [2.24, 2.45) is 0 Å². The third kappa shape index (κ3) is 4.13. The smallest absolute Gasteiger partial charge is 0.208 e. The number of nitrogens with one attached hydrogen (secondary N) is 1. The molecule has 1 aliphatic rings. The van der Waals surface area contributed by atoms with Gasteiger partial charge in [0.1, 0.15) is 0 Å². The second-order valence-electron chi connectivity index (χ2n) is 4.91. The number of rotatable bonds is 4. The van der Waals surface area contributed by atoms with E-state index in [4.69, 9.17) is 11.6 Å². The monoisotopic (exact) mass is 397 g/mol. The highest BCUT2D eigenvalue weighted by molar-refractivity contribution is 9.10. The molecule has 0 aromatic heterocycles. The van der Waals surface area contributed by atoms with E-state index < -0.39 is 10.0 Å². The van der Waals surface area contributed by atoms with E-state index in [0.29, 0.717) is 14.7 Å². The van der Waals surface area contributed by atoms with Gasteiger partial charge in [-0.25, -0.2) is 13.1 Å². The van der Waals surface area contributed by atoms with E-state index in [2.05, 4.69) is 26.9 Å². The van der Waals surface area contributed by atoms with Gasteiger partial charge in [-0.3, -0.25) is 0 Å². The maximum atomic E-state index is 12.3. The van der Waals surface area contributed by atoms with Gasteiger partial charge >= 0.3 is 0 Å². The molecule has 3 nitrogen and oxygen atoms in total. The summed E-state index contributed by atoms with van der Waals surface area (Å²) in [5, 5.41) is 1.17. The molecule has 0 atom stereocenters.